The zero-order valence-electron chi connectivity index (χ0n) is 16.5. The average Bonchev–Trinajstić information content (AvgIpc) is 3.15. The summed E-state index contributed by atoms with van der Waals surface area (Å²) in [4.78, 5) is 26.0. The molecule has 0 aliphatic carbocycles. The molecule has 1 heterocycles. The number of hydrogen-bond acceptors (Lipinski definition) is 4. The molecule has 0 spiro atoms. The number of carbonyl (C=O) groups is 1. The van der Waals surface area contributed by atoms with Gasteiger partial charge in [-0.05, 0) is 44.5 Å². The van der Waals surface area contributed by atoms with Gasteiger partial charge in [-0.25, -0.2) is 0 Å². The minimum Gasteiger partial charge on any atom is -0.350 e. The van der Waals surface area contributed by atoms with Crippen molar-refractivity contribution >= 4 is 11.6 Å². The number of hydrogen-bond donors (Lipinski definition) is 1. The highest BCUT2D eigenvalue weighted by Gasteiger charge is 2.24. The third-order valence-electron chi connectivity index (χ3n) is 5.46. The maximum absolute atomic E-state index is 12.5. The van der Waals surface area contributed by atoms with Gasteiger partial charge in [0.25, 0.3) is 11.6 Å². The van der Waals surface area contributed by atoms with Gasteiger partial charge < -0.3 is 5.32 Å². The first-order valence-electron chi connectivity index (χ1n) is 9.83. The zero-order valence-corrected chi connectivity index (χ0v) is 16.5. The van der Waals surface area contributed by atoms with Gasteiger partial charge in [-0.2, -0.15) is 0 Å². The van der Waals surface area contributed by atoms with Crippen LogP contribution >= 0.6 is 0 Å². The fourth-order valence-corrected chi connectivity index (χ4v) is 3.81. The van der Waals surface area contributed by atoms with Crippen molar-refractivity contribution in [2.75, 3.05) is 19.6 Å². The van der Waals surface area contributed by atoms with E-state index >= 15 is 0 Å². The van der Waals surface area contributed by atoms with Gasteiger partial charge in [-0.15, -0.1) is 0 Å². The van der Waals surface area contributed by atoms with Gasteiger partial charge in [-0.3, -0.25) is 19.8 Å². The van der Waals surface area contributed by atoms with Crippen molar-refractivity contribution in [2.45, 2.75) is 39.2 Å². The summed E-state index contributed by atoms with van der Waals surface area (Å²) >= 11 is 0. The number of aryl methyl sites for hydroxylation is 1. The molecule has 6 nitrogen and oxygen atoms in total. The second-order valence-corrected chi connectivity index (χ2v) is 7.40. The molecule has 1 aliphatic rings. The maximum Gasteiger partial charge on any atom is 0.273 e. The van der Waals surface area contributed by atoms with Crippen LogP contribution < -0.4 is 5.32 Å². The normalized spacial score (nSPS) is 16.9. The molecule has 2 aromatic carbocycles. The molecular weight excluding hydrogens is 354 g/mol. The van der Waals surface area contributed by atoms with E-state index in [0.717, 1.165) is 37.1 Å². The van der Waals surface area contributed by atoms with E-state index in [0.29, 0.717) is 30.1 Å². The summed E-state index contributed by atoms with van der Waals surface area (Å²) in [6.45, 7) is 6.74. The summed E-state index contributed by atoms with van der Waals surface area (Å²) in [6.07, 6.45) is 2.68. The zero-order chi connectivity index (χ0) is 20.1. The lowest BCUT2D eigenvalue weighted by Gasteiger charge is -2.22. The Morgan fingerprint density at radius 1 is 1.25 bits per heavy atom. The van der Waals surface area contributed by atoms with Crippen molar-refractivity contribution in [3.8, 4) is 0 Å². The van der Waals surface area contributed by atoms with E-state index in [9.17, 15) is 14.9 Å². The van der Waals surface area contributed by atoms with Crippen LogP contribution in [0.1, 0.15) is 46.8 Å². The lowest BCUT2D eigenvalue weighted by Crippen LogP contribution is -2.40. The van der Waals surface area contributed by atoms with Crippen LogP contribution in [0.3, 0.4) is 0 Å². The predicted molar refractivity (Wildman–Crippen MR) is 110 cm³/mol. The van der Waals surface area contributed by atoms with Crippen LogP contribution in [-0.2, 0) is 6.42 Å². The minimum atomic E-state index is -0.407. The van der Waals surface area contributed by atoms with Gasteiger partial charge in [0.1, 0.15) is 0 Å². The Kier molecular flexibility index (Phi) is 6.41. The quantitative estimate of drug-likeness (QED) is 0.586. The van der Waals surface area contributed by atoms with E-state index < -0.39 is 4.92 Å². The first kappa shape index (κ1) is 20.0. The highest BCUT2D eigenvalue weighted by Crippen LogP contribution is 2.24. The van der Waals surface area contributed by atoms with Crippen molar-refractivity contribution in [1.29, 1.82) is 0 Å². The van der Waals surface area contributed by atoms with Crippen LogP contribution in [0.2, 0.25) is 0 Å². The van der Waals surface area contributed by atoms with E-state index in [2.05, 4.69) is 17.1 Å². The Labute approximate surface area is 165 Å². The Hall–Kier alpha value is -2.73. The summed E-state index contributed by atoms with van der Waals surface area (Å²) < 4.78 is 0. The lowest BCUT2D eigenvalue weighted by atomic mass is 10.0. The monoisotopic (exact) mass is 381 g/mol. The minimum absolute atomic E-state index is 0.00993. The summed E-state index contributed by atoms with van der Waals surface area (Å²) in [5, 5.41) is 14.5. The molecule has 1 amide bonds. The molecular formula is C22H27N3O3. The van der Waals surface area contributed by atoms with Crippen LogP contribution in [0.4, 0.5) is 5.69 Å². The van der Waals surface area contributed by atoms with E-state index in [1.807, 2.05) is 31.2 Å². The number of nitrogens with zero attached hydrogens (tertiary/aromatic N) is 2. The largest absolute Gasteiger partial charge is 0.350 e. The molecule has 1 fully saturated rings. The molecule has 1 unspecified atom stereocenters. The average molecular weight is 381 g/mol. The van der Waals surface area contributed by atoms with Gasteiger partial charge >= 0.3 is 0 Å². The number of rotatable bonds is 7. The number of nitro groups is 1. The fourth-order valence-electron chi connectivity index (χ4n) is 3.81. The van der Waals surface area contributed by atoms with Crippen LogP contribution in [0, 0.1) is 17.0 Å². The van der Waals surface area contributed by atoms with Gasteiger partial charge in [0.2, 0.25) is 0 Å². The number of amides is 1. The molecule has 148 valence electrons. The molecule has 6 heteroatoms. The lowest BCUT2D eigenvalue weighted by molar-refractivity contribution is -0.385. The second kappa shape index (κ2) is 8.97. The molecule has 1 aliphatic heterocycles. The highest BCUT2D eigenvalue weighted by molar-refractivity contribution is 5.95. The van der Waals surface area contributed by atoms with Crippen molar-refractivity contribution in [3.05, 3.63) is 74.8 Å². The van der Waals surface area contributed by atoms with Crippen molar-refractivity contribution in [2.24, 2.45) is 0 Å². The van der Waals surface area contributed by atoms with Crippen molar-refractivity contribution in [3.63, 3.8) is 0 Å². The van der Waals surface area contributed by atoms with Gasteiger partial charge in [-0.1, -0.05) is 42.8 Å². The van der Waals surface area contributed by atoms with E-state index in [1.54, 1.807) is 12.1 Å². The highest BCUT2D eigenvalue weighted by atomic mass is 16.6. The maximum atomic E-state index is 12.5. The summed E-state index contributed by atoms with van der Waals surface area (Å²) in [6, 6.07) is 13.0. The topological polar surface area (TPSA) is 75.5 Å². The van der Waals surface area contributed by atoms with Crippen LogP contribution in [0.15, 0.2) is 42.5 Å². The number of carbonyl (C=O) groups excluding carboxylic acids is 1. The summed E-state index contributed by atoms with van der Waals surface area (Å²) in [5.74, 6) is -0.257. The molecule has 1 atom stereocenters. The number of nitrogens with one attached hydrogen (secondary N) is 1. The Morgan fingerprint density at radius 3 is 2.68 bits per heavy atom. The smallest absolute Gasteiger partial charge is 0.273 e. The Bertz CT molecular complexity index is 849. The molecule has 28 heavy (non-hydrogen) atoms. The van der Waals surface area contributed by atoms with Gasteiger partial charge in [0, 0.05) is 36.2 Å². The van der Waals surface area contributed by atoms with Crippen molar-refractivity contribution in [1.82, 2.24) is 10.2 Å². The Balaban J connectivity index is 1.71. The molecule has 0 aromatic heterocycles. The SMILES string of the molecule is CCN1CCCC1CNC(=O)c1ccc(Cc2ccc(C)cc2)c([N+](=O)[O-])c1. The predicted octanol–water partition coefficient (Wildman–Crippen LogP) is 3.71. The molecule has 1 saturated heterocycles. The molecule has 0 saturated carbocycles. The number of nitro benzene ring substituents is 1. The fraction of sp³-hybridized carbons (Fsp3) is 0.409. The molecule has 0 bridgehead atoms. The van der Waals surface area contributed by atoms with Gasteiger partial charge in [0.05, 0.1) is 4.92 Å². The first-order chi connectivity index (χ1) is 13.5. The summed E-state index contributed by atoms with van der Waals surface area (Å²) in [5.41, 5.74) is 3.09. The van der Waals surface area contributed by atoms with E-state index in [1.165, 1.54) is 6.07 Å². The van der Waals surface area contributed by atoms with Crippen molar-refractivity contribution < 1.29 is 9.72 Å². The standard InChI is InChI=1S/C22H27N3O3/c1-3-24-12-4-5-20(24)15-23-22(26)19-11-10-18(21(14-19)25(27)28)13-17-8-6-16(2)7-9-17/h6-11,14,20H,3-5,12-13,15H2,1-2H3,(H,23,26). The number of likely N-dealkylation sites (N-methyl/N-ethyl adjacent to an activating group) is 1. The molecule has 1 N–H and O–H groups in total. The van der Waals surface area contributed by atoms with Gasteiger partial charge in [0.15, 0.2) is 0 Å². The number of benzene rings is 2. The first-order valence-corrected chi connectivity index (χ1v) is 9.83. The third-order valence-corrected chi connectivity index (χ3v) is 5.46. The molecule has 0 radical (unpaired) electrons. The number of likely N-dealkylation sites (tertiary alicyclic amines) is 1. The Morgan fingerprint density at radius 2 is 2.00 bits per heavy atom. The molecule has 2 aromatic rings. The second-order valence-electron chi connectivity index (χ2n) is 7.40. The summed E-state index contributed by atoms with van der Waals surface area (Å²) in [7, 11) is 0. The van der Waals surface area contributed by atoms with Crippen LogP contribution in [0.25, 0.3) is 0 Å². The third kappa shape index (κ3) is 4.75. The van der Waals surface area contributed by atoms with Crippen LogP contribution in [-0.4, -0.2) is 41.4 Å². The van der Waals surface area contributed by atoms with E-state index in [4.69, 9.17) is 0 Å². The van der Waals surface area contributed by atoms with Crippen LogP contribution in [0.5, 0.6) is 0 Å². The van der Waals surface area contributed by atoms with E-state index in [-0.39, 0.29) is 11.6 Å². The molecule has 3 rings (SSSR count).